The van der Waals surface area contributed by atoms with E-state index in [4.69, 9.17) is 9.47 Å². The van der Waals surface area contributed by atoms with Gasteiger partial charge in [0.05, 0.1) is 18.6 Å². The quantitative estimate of drug-likeness (QED) is 0.705. The van der Waals surface area contributed by atoms with Crippen molar-refractivity contribution in [3.63, 3.8) is 0 Å². The Balaban J connectivity index is 2.75. The summed E-state index contributed by atoms with van der Waals surface area (Å²) in [5.41, 5.74) is -0.166. The number of nitrogens with one attached hydrogen (secondary N) is 1. The third-order valence-corrected chi connectivity index (χ3v) is 3.50. The molecule has 0 radical (unpaired) electrons. The van der Waals surface area contributed by atoms with E-state index >= 15 is 0 Å². The van der Waals surface area contributed by atoms with Crippen LogP contribution in [0.25, 0.3) is 0 Å². The van der Waals surface area contributed by atoms with Crippen LogP contribution in [0.4, 0.5) is 0 Å². The van der Waals surface area contributed by atoms with Gasteiger partial charge in [0.15, 0.2) is 0 Å². The lowest BCUT2D eigenvalue weighted by atomic mass is 9.75. The summed E-state index contributed by atoms with van der Waals surface area (Å²) in [6.45, 7) is 7.82. The van der Waals surface area contributed by atoms with E-state index in [1.165, 1.54) is 0 Å². The van der Waals surface area contributed by atoms with Gasteiger partial charge in [0, 0.05) is 25.6 Å². The molecule has 3 atom stereocenters. The van der Waals surface area contributed by atoms with Crippen LogP contribution in [0.2, 0.25) is 0 Å². The van der Waals surface area contributed by atoms with Gasteiger partial charge in [-0.25, -0.2) is 0 Å². The van der Waals surface area contributed by atoms with E-state index in [2.05, 4.69) is 12.2 Å². The number of esters is 1. The Hall–Kier alpha value is -0.610. The Bertz CT molecular complexity index is 232. The molecule has 0 amide bonds. The molecule has 1 heterocycles. The van der Waals surface area contributed by atoms with Gasteiger partial charge in [-0.15, -0.1) is 0 Å². The fourth-order valence-electron chi connectivity index (χ4n) is 2.13. The third kappa shape index (κ3) is 2.32. The molecule has 1 aliphatic rings. The van der Waals surface area contributed by atoms with Gasteiger partial charge < -0.3 is 14.8 Å². The monoisotopic (exact) mass is 215 g/mol. The Morgan fingerprint density at radius 3 is 2.87 bits per heavy atom. The van der Waals surface area contributed by atoms with Crippen molar-refractivity contribution in [1.82, 2.24) is 5.32 Å². The number of carbonyl (C=O) groups is 1. The summed E-state index contributed by atoms with van der Waals surface area (Å²) in [7, 11) is 1.68. The van der Waals surface area contributed by atoms with Crippen LogP contribution in [0.5, 0.6) is 0 Å². The molecule has 1 fully saturated rings. The van der Waals surface area contributed by atoms with Gasteiger partial charge in [-0.05, 0) is 13.8 Å². The SMILES string of the molecule is CCOC(=O)C1CNCC1(C)C(C)OC. The summed E-state index contributed by atoms with van der Waals surface area (Å²) in [6, 6.07) is 0. The van der Waals surface area contributed by atoms with Crippen LogP contribution in [-0.2, 0) is 14.3 Å². The molecule has 3 unspecified atom stereocenters. The molecule has 4 nitrogen and oxygen atoms in total. The highest BCUT2D eigenvalue weighted by molar-refractivity contribution is 5.74. The van der Waals surface area contributed by atoms with Crippen molar-refractivity contribution in [2.24, 2.45) is 11.3 Å². The van der Waals surface area contributed by atoms with Gasteiger partial charge >= 0.3 is 5.97 Å². The van der Waals surface area contributed by atoms with E-state index < -0.39 is 0 Å². The summed E-state index contributed by atoms with van der Waals surface area (Å²) in [5.74, 6) is -0.221. The lowest BCUT2D eigenvalue weighted by Gasteiger charge is -2.34. The van der Waals surface area contributed by atoms with Crippen LogP contribution in [0.15, 0.2) is 0 Å². The number of hydrogen-bond acceptors (Lipinski definition) is 4. The van der Waals surface area contributed by atoms with E-state index in [9.17, 15) is 4.79 Å². The minimum Gasteiger partial charge on any atom is -0.466 e. The maximum atomic E-state index is 11.8. The van der Waals surface area contributed by atoms with Gasteiger partial charge in [-0.2, -0.15) is 0 Å². The predicted molar refractivity (Wildman–Crippen MR) is 57.6 cm³/mol. The molecule has 0 spiro atoms. The second kappa shape index (κ2) is 4.94. The molecule has 0 aromatic carbocycles. The lowest BCUT2D eigenvalue weighted by Crippen LogP contribution is -2.42. The largest absolute Gasteiger partial charge is 0.466 e. The number of ether oxygens (including phenoxy) is 2. The van der Waals surface area contributed by atoms with Crippen LogP contribution in [0, 0.1) is 11.3 Å². The highest BCUT2D eigenvalue weighted by Crippen LogP contribution is 2.36. The Kier molecular flexibility index (Phi) is 4.11. The minimum atomic E-state index is -0.166. The molecule has 1 aliphatic heterocycles. The average molecular weight is 215 g/mol. The molecular weight excluding hydrogens is 194 g/mol. The van der Waals surface area contributed by atoms with Crippen molar-refractivity contribution in [2.75, 3.05) is 26.8 Å². The zero-order chi connectivity index (χ0) is 11.5. The van der Waals surface area contributed by atoms with Crippen LogP contribution in [0.3, 0.4) is 0 Å². The molecule has 0 saturated carbocycles. The van der Waals surface area contributed by atoms with Gasteiger partial charge in [0.2, 0.25) is 0 Å². The van der Waals surface area contributed by atoms with Crippen molar-refractivity contribution in [1.29, 1.82) is 0 Å². The van der Waals surface area contributed by atoms with Crippen molar-refractivity contribution in [3.05, 3.63) is 0 Å². The van der Waals surface area contributed by atoms with E-state index in [0.29, 0.717) is 13.2 Å². The molecule has 15 heavy (non-hydrogen) atoms. The maximum Gasteiger partial charge on any atom is 0.310 e. The first-order chi connectivity index (χ1) is 7.06. The number of rotatable bonds is 4. The summed E-state index contributed by atoms with van der Waals surface area (Å²) in [5, 5.41) is 3.24. The first kappa shape index (κ1) is 12.5. The highest BCUT2D eigenvalue weighted by Gasteiger charge is 2.47. The van der Waals surface area contributed by atoms with Gasteiger partial charge in [-0.3, -0.25) is 4.79 Å². The zero-order valence-corrected chi connectivity index (χ0v) is 10.0. The van der Waals surface area contributed by atoms with Crippen LogP contribution < -0.4 is 5.32 Å². The fraction of sp³-hybridized carbons (Fsp3) is 0.909. The molecular formula is C11H21NO3. The molecule has 0 bridgehead atoms. The molecule has 88 valence electrons. The van der Waals surface area contributed by atoms with Crippen molar-refractivity contribution in [2.45, 2.75) is 26.9 Å². The average Bonchev–Trinajstić information content (AvgIpc) is 2.61. The van der Waals surface area contributed by atoms with E-state index in [0.717, 1.165) is 6.54 Å². The molecule has 1 saturated heterocycles. The second-order valence-corrected chi connectivity index (χ2v) is 4.32. The lowest BCUT2D eigenvalue weighted by molar-refractivity contribution is -0.153. The number of methoxy groups -OCH3 is 1. The number of hydrogen-bond donors (Lipinski definition) is 1. The highest BCUT2D eigenvalue weighted by atomic mass is 16.5. The number of carbonyl (C=O) groups excluding carboxylic acids is 1. The molecule has 1 rings (SSSR count). The predicted octanol–water partition coefficient (Wildman–Crippen LogP) is 0.810. The fourth-order valence-corrected chi connectivity index (χ4v) is 2.13. The van der Waals surface area contributed by atoms with Crippen LogP contribution in [-0.4, -0.2) is 38.9 Å². The smallest absolute Gasteiger partial charge is 0.310 e. The van der Waals surface area contributed by atoms with Gasteiger partial charge in [0.25, 0.3) is 0 Å². The first-order valence-electron chi connectivity index (χ1n) is 5.46. The molecule has 0 aromatic heterocycles. The Morgan fingerprint density at radius 2 is 2.33 bits per heavy atom. The minimum absolute atomic E-state index is 0.0434. The van der Waals surface area contributed by atoms with Crippen molar-refractivity contribution in [3.8, 4) is 0 Å². The summed E-state index contributed by atoms with van der Waals surface area (Å²) < 4.78 is 10.4. The molecule has 0 aliphatic carbocycles. The third-order valence-electron chi connectivity index (χ3n) is 3.50. The van der Waals surface area contributed by atoms with Crippen LogP contribution in [0.1, 0.15) is 20.8 Å². The van der Waals surface area contributed by atoms with Crippen molar-refractivity contribution >= 4 is 5.97 Å². The summed E-state index contributed by atoms with van der Waals surface area (Å²) in [6.07, 6.45) is 0.0434. The molecule has 0 aromatic rings. The normalized spacial score (nSPS) is 32.7. The Labute approximate surface area is 91.3 Å². The molecule has 1 N–H and O–H groups in total. The summed E-state index contributed by atoms with van der Waals surface area (Å²) >= 11 is 0. The van der Waals surface area contributed by atoms with Crippen LogP contribution >= 0.6 is 0 Å². The van der Waals surface area contributed by atoms with Crippen molar-refractivity contribution < 1.29 is 14.3 Å². The zero-order valence-electron chi connectivity index (χ0n) is 10.0. The maximum absolute atomic E-state index is 11.8. The standard InChI is InChI=1S/C11H21NO3/c1-5-15-10(13)9-6-12-7-11(9,3)8(2)14-4/h8-9,12H,5-7H2,1-4H3. The first-order valence-corrected chi connectivity index (χ1v) is 5.46. The summed E-state index contributed by atoms with van der Waals surface area (Å²) in [4.78, 5) is 11.8. The topological polar surface area (TPSA) is 47.6 Å². The Morgan fingerprint density at radius 1 is 1.67 bits per heavy atom. The van der Waals surface area contributed by atoms with E-state index in [1.54, 1.807) is 7.11 Å². The van der Waals surface area contributed by atoms with Gasteiger partial charge in [0.1, 0.15) is 0 Å². The van der Waals surface area contributed by atoms with E-state index in [1.807, 2.05) is 13.8 Å². The van der Waals surface area contributed by atoms with E-state index in [-0.39, 0.29) is 23.4 Å². The molecule has 4 heteroatoms. The van der Waals surface area contributed by atoms with Gasteiger partial charge in [-0.1, -0.05) is 6.92 Å². The second-order valence-electron chi connectivity index (χ2n) is 4.32.